The largest absolute Gasteiger partial charge is 2.00 e. The van der Waals surface area contributed by atoms with Gasteiger partial charge in [-0.1, -0.05) is 0 Å². The first kappa shape index (κ1) is 17.8. The smallest absolute Gasteiger partial charge is 0.455 e. The van der Waals surface area contributed by atoms with Crippen LogP contribution in [0.2, 0.25) is 0 Å². The van der Waals surface area contributed by atoms with Gasteiger partial charge >= 0.3 is 23.1 Å². The second-order valence-corrected chi connectivity index (χ2v) is 2.81. The van der Waals surface area contributed by atoms with E-state index in [9.17, 15) is 0 Å². The number of rotatable bonds is 0. The first-order valence-electron chi connectivity index (χ1n) is 4.44. The molecule has 1 aliphatic rings. The van der Waals surface area contributed by atoms with Gasteiger partial charge in [0.1, 0.15) is 0 Å². The maximum Gasteiger partial charge on any atom is 2.00 e. The van der Waals surface area contributed by atoms with Crippen molar-refractivity contribution in [3.63, 3.8) is 0 Å². The molecule has 0 aromatic heterocycles. The van der Waals surface area contributed by atoms with Crippen molar-refractivity contribution in [1.82, 2.24) is 4.90 Å². The summed E-state index contributed by atoms with van der Waals surface area (Å²) >= 11 is 0. The Bertz CT molecular complexity index is 178. The quantitative estimate of drug-likeness (QED) is 0.531. The Balaban J connectivity index is 0. The molecule has 0 radical (unpaired) electrons. The van der Waals surface area contributed by atoms with Gasteiger partial charge in [-0.2, -0.15) is 36.4 Å². The number of hydrogen-bond donors (Lipinski definition) is 0. The van der Waals surface area contributed by atoms with Crippen LogP contribution in [0.15, 0.2) is 30.3 Å². The predicted molar refractivity (Wildman–Crippen MR) is 69.1 cm³/mol. The molecule has 0 spiro atoms. The molecule has 0 aliphatic carbocycles. The van der Waals surface area contributed by atoms with Crippen LogP contribution < -0.4 is 0 Å². The zero-order valence-corrected chi connectivity index (χ0v) is 12.0. The third-order valence-electron chi connectivity index (χ3n) is 1.71. The molecule has 2 nitrogen and oxygen atoms in total. The number of hydrogen-bond acceptors (Lipinski definition) is 2. The van der Waals surface area contributed by atoms with Crippen molar-refractivity contribution in [2.75, 3.05) is 26.3 Å². The molecule has 0 unspecified atom stereocenters. The average molecular weight is 282 g/mol. The Kier molecular flexibility index (Phi) is 14.8. The minimum atomic E-state index is 0. The van der Waals surface area contributed by atoms with Crippen molar-refractivity contribution >= 4 is 40.0 Å². The molecule has 1 aliphatic heterocycles. The summed E-state index contributed by atoms with van der Waals surface area (Å²) in [5, 5.41) is 0. The van der Waals surface area contributed by atoms with Crippen LogP contribution in [0.3, 0.4) is 0 Å². The fraction of sp³-hybridized carbons (Fsp3) is 0.364. The minimum Gasteiger partial charge on any atom is -0.455 e. The summed E-state index contributed by atoms with van der Waals surface area (Å²) in [6, 6.07) is 12.5. The first-order valence-corrected chi connectivity index (χ1v) is 4.44. The van der Waals surface area contributed by atoms with Crippen molar-refractivity contribution < 1.29 is 4.74 Å². The Hall–Kier alpha value is 0.386. The van der Waals surface area contributed by atoms with E-state index in [0.29, 0.717) is 0 Å². The van der Waals surface area contributed by atoms with Crippen LogP contribution >= 0.6 is 17.0 Å². The molecule has 1 aromatic rings. The molecule has 1 aromatic carbocycles. The van der Waals surface area contributed by atoms with Crippen molar-refractivity contribution in [3.05, 3.63) is 43.4 Å². The van der Waals surface area contributed by atoms with E-state index in [4.69, 9.17) is 4.74 Å². The van der Waals surface area contributed by atoms with Gasteiger partial charge in [0.05, 0.1) is 13.2 Å². The molecule has 0 atom stereocenters. The van der Waals surface area contributed by atoms with Gasteiger partial charge in [0.2, 0.25) is 0 Å². The van der Waals surface area contributed by atoms with Crippen LogP contribution in [0.1, 0.15) is 0 Å². The van der Waals surface area contributed by atoms with E-state index in [1.807, 2.05) is 35.2 Å². The van der Waals surface area contributed by atoms with E-state index in [2.05, 4.69) is 13.1 Å². The van der Waals surface area contributed by atoms with Gasteiger partial charge in [0.25, 0.3) is 0 Å². The van der Waals surface area contributed by atoms with E-state index in [1.54, 1.807) is 0 Å². The van der Waals surface area contributed by atoms with Crippen LogP contribution in [0.25, 0.3) is 0 Å². The average Bonchev–Trinajstić information content (AvgIpc) is 2.22. The standard InChI is InChI=1S/C6H5.C5H10NO.BrH.Mg/c1-2-4-6-5-3-1;1-6-2-4-7-5-3-6;;/h1-5H;1-5H2;1H;/q2*-1;;+2. The van der Waals surface area contributed by atoms with E-state index in [1.165, 1.54) is 0 Å². The van der Waals surface area contributed by atoms with Crippen LogP contribution in [0, 0.1) is 13.1 Å². The molecule has 1 saturated heterocycles. The second kappa shape index (κ2) is 12.5. The Morgan fingerprint density at radius 3 is 1.80 bits per heavy atom. The third kappa shape index (κ3) is 10.7. The van der Waals surface area contributed by atoms with Gasteiger partial charge in [-0.3, -0.25) is 7.05 Å². The second-order valence-electron chi connectivity index (χ2n) is 2.81. The van der Waals surface area contributed by atoms with E-state index >= 15 is 0 Å². The molecule has 0 amide bonds. The molecule has 15 heavy (non-hydrogen) atoms. The Morgan fingerprint density at radius 2 is 1.60 bits per heavy atom. The molecule has 0 bridgehead atoms. The molecule has 0 N–H and O–H groups in total. The predicted octanol–water partition coefficient (Wildman–Crippen LogP) is 1.79. The third-order valence-corrected chi connectivity index (χ3v) is 1.71. The van der Waals surface area contributed by atoms with Gasteiger partial charge in [-0.05, 0) is 13.1 Å². The van der Waals surface area contributed by atoms with Crippen molar-refractivity contribution in [1.29, 1.82) is 0 Å². The molecule has 1 heterocycles. The van der Waals surface area contributed by atoms with Gasteiger partial charge < -0.3 is 9.64 Å². The Labute approximate surface area is 119 Å². The molecule has 4 heteroatoms. The summed E-state index contributed by atoms with van der Waals surface area (Å²) in [4.78, 5) is 2.02. The fourth-order valence-corrected chi connectivity index (χ4v) is 0.943. The summed E-state index contributed by atoms with van der Waals surface area (Å²) in [6.07, 6.45) is 0. The van der Waals surface area contributed by atoms with E-state index in [0.717, 1.165) is 26.3 Å². The van der Waals surface area contributed by atoms with Crippen LogP contribution in [-0.4, -0.2) is 54.3 Å². The summed E-state index contributed by atoms with van der Waals surface area (Å²) in [5.74, 6) is 0. The number of ether oxygens (including phenoxy) is 1. The van der Waals surface area contributed by atoms with Crippen molar-refractivity contribution in [2.45, 2.75) is 0 Å². The van der Waals surface area contributed by atoms with E-state index < -0.39 is 0 Å². The van der Waals surface area contributed by atoms with Crippen LogP contribution in [0.4, 0.5) is 0 Å². The van der Waals surface area contributed by atoms with Crippen LogP contribution in [-0.2, 0) is 4.74 Å². The summed E-state index contributed by atoms with van der Waals surface area (Å²) in [5.41, 5.74) is 0. The normalized spacial score (nSPS) is 15.0. The molecule has 2 rings (SSSR count). The SMILES string of the molecule is Br.[CH2-]N1CCOCC1.[Mg+2].[c-]1ccccc1. The Morgan fingerprint density at radius 1 is 1.07 bits per heavy atom. The molecular formula is C11H16BrMgNO. The minimum absolute atomic E-state index is 0. The first-order chi connectivity index (χ1) is 6.39. The van der Waals surface area contributed by atoms with E-state index in [-0.39, 0.29) is 40.0 Å². The maximum atomic E-state index is 5.06. The maximum absolute atomic E-state index is 5.06. The zero-order valence-electron chi connectivity index (χ0n) is 8.89. The number of benzene rings is 1. The van der Waals surface area contributed by atoms with Gasteiger partial charge in [-0.25, -0.2) is 0 Å². The van der Waals surface area contributed by atoms with Gasteiger partial charge in [0.15, 0.2) is 0 Å². The molecule has 1 fully saturated rings. The number of nitrogens with zero attached hydrogens (tertiary/aromatic N) is 1. The van der Waals surface area contributed by atoms with Crippen molar-refractivity contribution in [2.24, 2.45) is 0 Å². The zero-order chi connectivity index (χ0) is 9.36. The summed E-state index contributed by atoms with van der Waals surface area (Å²) in [7, 11) is 3.75. The molecule has 0 saturated carbocycles. The van der Waals surface area contributed by atoms with Gasteiger partial charge in [0, 0.05) is 0 Å². The van der Waals surface area contributed by atoms with Crippen LogP contribution in [0.5, 0.6) is 0 Å². The molecular weight excluding hydrogens is 266 g/mol. The number of halogens is 1. The summed E-state index contributed by atoms with van der Waals surface area (Å²) < 4.78 is 5.06. The van der Waals surface area contributed by atoms with Crippen molar-refractivity contribution in [3.8, 4) is 0 Å². The summed E-state index contributed by atoms with van der Waals surface area (Å²) in [6.45, 7) is 3.67. The monoisotopic (exact) mass is 281 g/mol. The number of morpholine rings is 1. The van der Waals surface area contributed by atoms with Gasteiger partial charge in [-0.15, -0.1) is 17.0 Å². The topological polar surface area (TPSA) is 12.5 Å². The fourth-order valence-electron chi connectivity index (χ4n) is 0.943. The molecule has 80 valence electrons.